The number of benzene rings is 2. The molecule has 1 amide bonds. The average Bonchev–Trinajstić information content (AvgIpc) is 3.02. The molecule has 6 nitrogen and oxygen atoms in total. The standard InChI is InChI=1S/C17H17ClN2O4/c1-10(19-13-7-11(18)3-5-14(13)22-2)17(21)20-12-4-6-15-16(8-12)24-9-23-15/h3-8,10,19H,9H2,1-2H3,(H,20,21)/t10-/m0/s1. The molecule has 0 bridgehead atoms. The van der Waals surface area contributed by atoms with Crippen molar-refractivity contribution in [3.8, 4) is 17.2 Å². The van der Waals surface area contributed by atoms with Gasteiger partial charge in [-0.15, -0.1) is 0 Å². The number of rotatable bonds is 5. The SMILES string of the molecule is COc1ccc(Cl)cc1N[C@@H](C)C(=O)Nc1ccc2c(c1)OCO2. The maximum absolute atomic E-state index is 12.4. The lowest BCUT2D eigenvalue weighted by Gasteiger charge is -2.17. The lowest BCUT2D eigenvalue weighted by Crippen LogP contribution is -2.32. The second-order valence-electron chi connectivity index (χ2n) is 5.27. The van der Waals surface area contributed by atoms with Crippen molar-refractivity contribution in [1.29, 1.82) is 0 Å². The van der Waals surface area contributed by atoms with Gasteiger partial charge in [0.05, 0.1) is 12.8 Å². The minimum Gasteiger partial charge on any atom is -0.495 e. The largest absolute Gasteiger partial charge is 0.495 e. The van der Waals surface area contributed by atoms with E-state index in [2.05, 4.69) is 10.6 Å². The van der Waals surface area contributed by atoms with Crippen molar-refractivity contribution in [3.63, 3.8) is 0 Å². The van der Waals surface area contributed by atoms with Gasteiger partial charge in [-0.25, -0.2) is 0 Å². The molecule has 1 aliphatic rings. The third-order valence-electron chi connectivity index (χ3n) is 3.57. The molecule has 0 unspecified atom stereocenters. The first kappa shape index (κ1) is 16.3. The zero-order valence-corrected chi connectivity index (χ0v) is 14.0. The second kappa shape index (κ2) is 6.88. The summed E-state index contributed by atoms with van der Waals surface area (Å²) in [5, 5.41) is 6.49. The summed E-state index contributed by atoms with van der Waals surface area (Å²) in [7, 11) is 1.56. The summed E-state index contributed by atoms with van der Waals surface area (Å²) in [6, 6.07) is 9.93. The van der Waals surface area contributed by atoms with Crippen LogP contribution in [-0.4, -0.2) is 25.9 Å². The van der Waals surface area contributed by atoms with Gasteiger partial charge in [-0.3, -0.25) is 4.79 Å². The minimum absolute atomic E-state index is 0.194. The van der Waals surface area contributed by atoms with E-state index < -0.39 is 6.04 Å². The normalized spacial score (nSPS) is 13.3. The molecule has 1 atom stereocenters. The molecule has 0 radical (unpaired) electrons. The minimum atomic E-state index is -0.497. The van der Waals surface area contributed by atoms with Gasteiger partial charge in [-0.05, 0) is 37.3 Å². The van der Waals surface area contributed by atoms with Crippen LogP contribution >= 0.6 is 11.6 Å². The van der Waals surface area contributed by atoms with Gasteiger partial charge in [-0.2, -0.15) is 0 Å². The fourth-order valence-electron chi connectivity index (χ4n) is 2.32. The molecule has 1 aliphatic heterocycles. The maximum atomic E-state index is 12.4. The molecule has 2 N–H and O–H groups in total. The van der Waals surface area contributed by atoms with Crippen molar-refractivity contribution in [1.82, 2.24) is 0 Å². The molecule has 2 aromatic rings. The maximum Gasteiger partial charge on any atom is 0.246 e. The summed E-state index contributed by atoms with van der Waals surface area (Å²) in [6.07, 6.45) is 0. The van der Waals surface area contributed by atoms with Crippen LogP contribution in [0.25, 0.3) is 0 Å². The topological polar surface area (TPSA) is 68.8 Å². The lowest BCUT2D eigenvalue weighted by atomic mass is 10.2. The van der Waals surface area contributed by atoms with Crippen LogP contribution in [-0.2, 0) is 4.79 Å². The molecule has 24 heavy (non-hydrogen) atoms. The molecule has 0 saturated carbocycles. The van der Waals surface area contributed by atoms with Crippen LogP contribution in [0, 0.1) is 0 Å². The zero-order valence-electron chi connectivity index (χ0n) is 13.3. The van der Waals surface area contributed by atoms with E-state index >= 15 is 0 Å². The number of carbonyl (C=O) groups is 1. The molecule has 0 aliphatic carbocycles. The summed E-state index contributed by atoms with van der Waals surface area (Å²) in [5.41, 5.74) is 1.29. The van der Waals surface area contributed by atoms with Crippen molar-refractivity contribution in [2.24, 2.45) is 0 Å². The Morgan fingerprint density at radius 1 is 1.21 bits per heavy atom. The summed E-state index contributed by atoms with van der Waals surface area (Å²) in [4.78, 5) is 12.4. The number of carbonyl (C=O) groups excluding carboxylic acids is 1. The summed E-state index contributed by atoms with van der Waals surface area (Å²) in [6.45, 7) is 1.95. The highest BCUT2D eigenvalue weighted by Gasteiger charge is 2.18. The molecule has 0 saturated heterocycles. The Balaban J connectivity index is 1.68. The predicted molar refractivity (Wildman–Crippen MR) is 92.3 cm³/mol. The smallest absolute Gasteiger partial charge is 0.246 e. The number of halogens is 1. The third-order valence-corrected chi connectivity index (χ3v) is 3.80. The van der Waals surface area contributed by atoms with E-state index in [4.69, 9.17) is 25.8 Å². The quantitative estimate of drug-likeness (QED) is 0.865. The number of methoxy groups -OCH3 is 1. The molecule has 126 valence electrons. The van der Waals surface area contributed by atoms with Crippen molar-refractivity contribution >= 4 is 28.9 Å². The van der Waals surface area contributed by atoms with Crippen LogP contribution in [0.15, 0.2) is 36.4 Å². The van der Waals surface area contributed by atoms with E-state index in [-0.39, 0.29) is 12.7 Å². The van der Waals surface area contributed by atoms with E-state index in [1.807, 2.05) is 0 Å². The second-order valence-corrected chi connectivity index (χ2v) is 5.70. The Bertz CT molecular complexity index is 766. The third kappa shape index (κ3) is 3.49. The monoisotopic (exact) mass is 348 g/mol. The molecular formula is C17H17ClN2O4. The van der Waals surface area contributed by atoms with Gasteiger partial charge in [0.2, 0.25) is 12.7 Å². The summed E-state index contributed by atoms with van der Waals surface area (Å²) < 4.78 is 15.8. The van der Waals surface area contributed by atoms with E-state index in [0.717, 1.165) is 0 Å². The van der Waals surface area contributed by atoms with Gasteiger partial charge in [0, 0.05) is 16.8 Å². The zero-order chi connectivity index (χ0) is 17.1. The lowest BCUT2D eigenvalue weighted by molar-refractivity contribution is -0.116. The number of fused-ring (bicyclic) bond motifs is 1. The molecule has 1 heterocycles. The van der Waals surface area contributed by atoms with Gasteiger partial charge in [0.1, 0.15) is 11.8 Å². The predicted octanol–water partition coefficient (Wildman–Crippen LogP) is 3.52. The van der Waals surface area contributed by atoms with Crippen molar-refractivity contribution < 1.29 is 19.0 Å². The van der Waals surface area contributed by atoms with E-state index in [9.17, 15) is 4.79 Å². The van der Waals surface area contributed by atoms with Crippen molar-refractivity contribution in [3.05, 3.63) is 41.4 Å². The fourth-order valence-corrected chi connectivity index (χ4v) is 2.49. The number of hydrogen-bond acceptors (Lipinski definition) is 5. The van der Waals surface area contributed by atoms with Crippen molar-refractivity contribution in [2.45, 2.75) is 13.0 Å². The van der Waals surface area contributed by atoms with Crippen LogP contribution in [0.5, 0.6) is 17.2 Å². The number of nitrogens with one attached hydrogen (secondary N) is 2. The molecule has 0 aromatic heterocycles. The Hall–Kier alpha value is -2.60. The number of hydrogen-bond donors (Lipinski definition) is 2. The average molecular weight is 349 g/mol. The van der Waals surface area contributed by atoms with Crippen LogP contribution in [0.2, 0.25) is 5.02 Å². The first-order chi connectivity index (χ1) is 11.6. The first-order valence-electron chi connectivity index (χ1n) is 7.37. The number of anilines is 2. The highest BCUT2D eigenvalue weighted by molar-refractivity contribution is 6.31. The summed E-state index contributed by atoms with van der Waals surface area (Å²) >= 11 is 6.00. The molecule has 0 spiro atoms. The van der Waals surface area contributed by atoms with Crippen LogP contribution in [0.1, 0.15) is 6.92 Å². The Morgan fingerprint density at radius 2 is 2.00 bits per heavy atom. The molecule has 0 fully saturated rings. The van der Waals surface area contributed by atoms with Crippen LogP contribution < -0.4 is 24.8 Å². The van der Waals surface area contributed by atoms with Crippen LogP contribution in [0.3, 0.4) is 0 Å². The van der Waals surface area contributed by atoms with Crippen LogP contribution in [0.4, 0.5) is 11.4 Å². The van der Waals surface area contributed by atoms with Gasteiger partial charge in [-0.1, -0.05) is 11.6 Å². The highest BCUT2D eigenvalue weighted by atomic mass is 35.5. The Kier molecular flexibility index (Phi) is 4.66. The molecular weight excluding hydrogens is 332 g/mol. The molecule has 2 aromatic carbocycles. The van der Waals surface area contributed by atoms with Gasteiger partial charge >= 0.3 is 0 Å². The summed E-state index contributed by atoms with van der Waals surface area (Å²) in [5.74, 6) is 1.70. The molecule has 3 rings (SSSR count). The molecule has 7 heteroatoms. The highest BCUT2D eigenvalue weighted by Crippen LogP contribution is 2.34. The first-order valence-corrected chi connectivity index (χ1v) is 7.75. The Labute approximate surface area is 144 Å². The number of amides is 1. The fraction of sp³-hybridized carbons (Fsp3) is 0.235. The van der Waals surface area contributed by atoms with E-state index in [1.54, 1.807) is 50.4 Å². The van der Waals surface area contributed by atoms with Gasteiger partial charge in [0.15, 0.2) is 11.5 Å². The Morgan fingerprint density at radius 3 is 2.79 bits per heavy atom. The van der Waals surface area contributed by atoms with E-state index in [0.29, 0.717) is 33.6 Å². The van der Waals surface area contributed by atoms with Gasteiger partial charge < -0.3 is 24.8 Å². The van der Waals surface area contributed by atoms with E-state index in [1.165, 1.54) is 0 Å². The van der Waals surface area contributed by atoms with Gasteiger partial charge in [0.25, 0.3) is 0 Å². The van der Waals surface area contributed by atoms with Crippen molar-refractivity contribution in [2.75, 3.05) is 24.5 Å². The number of ether oxygens (including phenoxy) is 3.